The van der Waals surface area contributed by atoms with Crippen LogP contribution in [0.5, 0.6) is 0 Å². The summed E-state index contributed by atoms with van der Waals surface area (Å²) < 4.78 is 11.2. The molecule has 5 heterocycles. The fourth-order valence-electron chi connectivity index (χ4n) is 6.59. The first-order chi connectivity index (χ1) is 22.6. The summed E-state index contributed by atoms with van der Waals surface area (Å²) in [5, 5.41) is 0. The summed E-state index contributed by atoms with van der Waals surface area (Å²) in [7, 11) is 0. The number of fused-ring (bicyclic) bond motifs is 4. The van der Waals surface area contributed by atoms with Gasteiger partial charge in [0.2, 0.25) is 11.8 Å². The van der Waals surface area contributed by atoms with Crippen LogP contribution in [0.2, 0.25) is 0 Å². The number of amides is 2. The molecule has 0 radical (unpaired) electrons. The number of hydrogen-bond acceptors (Lipinski definition) is 10. The zero-order valence-electron chi connectivity index (χ0n) is 29.2. The van der Waals surface area contributed by atoms with E-state index in [-0.39, 0.29) is 36.8 Å². The van der Waals surface area contributed by atoms with Gasteiger partial charge in [0.15, 0.2) is 0 Å². The quantitative estimate of drug-likeness (QED) is 0.425. The number of carbonyl (C=O) groups excluding carboxylic acids is 4. The van der Waals surface area contributed by atoms with Gasteiger partial charge in [-0.05, 0) is 91.5 Å². The van der Waals surface area contributed by atoms with Crippen LogP contribution < -0.4 is 0 Å². The number of carbonyl (C=O) groups is 4. The van der Waals surface area contributed by atoms with Gasteiger partial charge in [0.05, 0.1) is 35.9 Å². The zero-order valence-corrected chi connectivity index (χ0v) is 29.2. The Morgan fingerprint density at radius 2 is 0.958 bits per heavy atom. The molecule has 4 bridgehead atoms. The highest BCUT2D eigenvalue weighted by molar-refractivity contribution is 5.87. The first-order valence-corrected chi connectivity index (χ1v) is 17.0. The van der Waals surface area contributed by atoms with Crippen molar-refractivity contribution in [3.63, 3.8) is 0 Å². The van der Waals surface area contributed by atoms with Crippen LogP contribution in [0.15, 0.2) is 36.4 Å². The van der Waals surface area contributed by atoms with E-state index in [0.717, 1.165) is 35.6 Å². The Hall–Kier alpha value is -3.90. The summed E-state index contributed by atoms with van der Waals surface area (Å²) in [5.41, 5.74) is 1.91. The first-order valence-electron chi connectivity index (χ1n) is 17.0. The molecule has 48 heavy (non-hydrogen) atoms. The molecule has 2 saturated heterocycles. The van der Waals surface area contributed by atoms with Gasteiger partial charge >= 0.3 is 11.9 Å². The van der Waals surface area contributed by atoms with E-state index in [0.29, 0.717) is 52.1 Å². The summed E-state index contributed by atoms with van der Waals surface area (Å²) in [5.74, 6) is -0.976. The van der Waals surface area contributed by atoms with Crippen molar-refractivity contribution >= 4 is 23.8 Å². The van der Waals surface area contributed by atoms with Gasteiger partial charge in [-0.3, -0.25) is 29.4 Å². The highest BCUT2D eigenvalue weighted by atomic mass is 16.6. The lowest BCUT2D eigenvalue weighted by Gasteiger charge is -2.30. The molecule has 0 saturated carbocycles. The summed E-state index contributed by atoms with van der Waals surface area (Å²) in [6, 6.07) is 10.4. The van der Waals surface area contributed by atoms with Crippen LogP contribution in [0.3, 0.4) is 0 Å². The van der Waals surface area contributed by atoms with Crippen LogP contribution >= 0.6 is 0 Å². The minimum absolute atomic E-state index is 0.104. The second-order valence-electron chi connectivity index (χ2n) is 15.1. The van der Waals surface area contributed by atoms with E-state index < -0.39 is 23.3 Å². The number of nitrogens with zero attached hydrogens (tertiary/aromatic N) is 6. The Balaban J connectivity index is 1.32. The third kappa shape index (κ3) is 9.59. The van der Waals surface area contributed by atoms with Crippen molar-refractivity contribution in [1.29, 1.82) is 0 Å². The van der Waals surface area contributed by atoms with E-state index >= 15 is 0 Å². The summed E-state index contributed by atoms with van der Waals surface area (Å²) in [6.45, 7) is 13.8. The minimum Gasteiger partial charge on any atom is -0.458 e. The van der Waals surface area contributed by atoms with E-state index in [1.165, 1.54) is 0 Å². The number of hydrogen-bond donors (Lipinski definition) is 0. The third-order valence-corrected chi connectivity index (χ3v) is 8.49. The maximum Gasteiger partial charge on any atom is 0.329 e. The van der Waals surface area contributed by atoms with E-state index in [9.17, 15) is 19.2 Å². The number of pyridine rings is 2. The highest BCUT2D eigenvalue weighted by Gasteiger charge is 2.39. The van der Waals surface area contributed by atoms with E-state index in [1.807, 2.05) is 87.7 Å². The Labute approximate surface area is 283 Å². The normalized spacial score (nSPS) is 21.0. The molecule has 5 rings (SSSR count). The van der Waals surface area contributed by atoms with Crippen LogP contribution in [0, 0.1) is 0 Å². The molecule has 0 N–H and O–H groups in total. The van der Waals surface area contributed by atoms with Crippen molar-refractivity contribution in [3.05, 3.63) is 59.2 Å². The predicted octanol–water partition coefficient (Wildman–Crippen LogP) is 3.46. The lowest BCUT2D eigenvalue weighted by Crippen LogP contribution is -2.47. The van der Waals surface area contributed by atoms with Crippen molar-refractivity contribution in [2.75, 3.05) is 26.2 Å². The molecule has 12 heteroatoms. The molecule has 0 aliphatic carbocycles. The Morgan fingerprint density at radius 1 is 0.625 bits per heavy atom. The van der Waals surface area contributed by atoms with Crippen LogP contribution in [0.4, 0.5) is 0 Å². The number of likely N-dealkylation sites (tertiary alicyclic amines) is 2. The van der Waals surface area contributed by atoms with E-state index in [2.05, 4.69) is 0 Å². The summed E-state index contributed by atoms with van der Waals surface area (Å²) >= 11 is 0. The Morgan fingerprint density at radius 3 is 1.27 bits per heavy atom. The monoisotopic (exact) mass is 662 g/mol. The number of esters is 2. The molecule has 2 aromatic heterocycles. The highest BCUT2D eigenvalue weighted by Crippen LogP contribution is 2.24. The largest absolute Gasteiger partial charge is 0.458 e. The molecule has 0 aromatic carbocycles. The van der Waals surface area contributed by atoms with Gasteiger partial charge in [-0.2, -0.15) is 0 Å². The van der Waals surface area contributed by atoms with Gasteiger partial charge in [-0.15, -0.1) is 0 Å². The molecule has 3 aliphatic heterocycles. The smallest absolute Gasteiger partial charge is 0.329 e. The average Bonchev–Trinajstić information content (AvgIpc) is 3.66. The first kappa shape index (κ1) is 35.4. The van der Waals surface area contributed by atoms with Gasteiger partial charge in [-0.25, -0.2) is 9.59 Å². The third-order valence-electron chi connectivity index (χ3n) is 8.49. The molecule has 2 amide bonds. The Kier molecular flexibility index (Phi) is 10.8. The number of ether oxygens (including phenoxy) is 2. The maximum absolute atomic E-state index is 13.7. The summed E-state index contributed by atoms with van der Waals surface area (Å²) in [6.07, 6.45) is 2.68. The molecule has 2 aromatic rings. The lowest BCUT2D eigenvalue weighted by molar-refractivity contribution is -0.163. The second-order valence-corrected chi connectivity index (χ2v) is 15.1. The van der Waals surface area contributed by atoms with E-state index in [1.54, 1.807) is 9.80 Å². The van der Waals surface area contributed by atoms with Crippen molar-refractivity contribution in [3.8, 4) is 0 Å². The predicted molar refractivity (Wildman–Crippen MR) is 178 cm³/mol. The van der Waals surface area contributed by atoms with Gasteiger partial charge in [0.1, 0.15) is 23.3 Å². The molecule has 260 valence electrons. The summed E-state index contributed by atoms with van der Waals surface area (Å²) in [4.78, 5) is 70.4. The van der Waals surface area contributed by atoms with Crippen molar-refractivity contribution in [2.45, 2.75) is 117 Å². The van der Waals surface area contributed by atoms with Crippen molar-refractivity contribution < 1.29 is 28.7 Å². The maximum atomic E-state index is 13.7. The van der Waals surface area contributed by atoms with Gasteiger partial charge in [0.25, 0.3) is 0 Å². The van der Waals surface area contributed by atoms with Crippen LogP contribution in [-0.2, 0) is 54.8 Å². The zero-order chi connectivity index (χ0) is 34.6. The van der Waals surface area contributed by atoms with Gasteiger partial charge in [0, 0.05) is 39.3 Å². The van der Waals surface area contributed by atoms with Crippen molar-refractivity contribution in [2.24, 2.45) is 0 Å². The molecular weight excluding hydrogens is 612 g/mol. The molecule has 12 nitrogen and oxygen atoms in total. The number of aromatic nitrogens is 2. The lowest BCUT2D eigenvalue weighted by atomic mass is 10.1. The molecular formula is C36H50N6O6. The Bertz CT molecular complexity index is 1350. The van der Waals surface area contributed by atoms with E-state index in [4.69, 9.17) is 19.4 Å². The SMILES string of the molecule is CC(C)(C)OC(=O)C1CCCN1C(=O)CN1Cc2cccc(n2)CN(CC(=O)N2CCCC2C(=O)OC(C)(C)C)Cc2cccc(n2)C1. The van der Waals surface area contributed by atoms with Gasteiger partial charge < -0.3 is 19.3 Å². The topological polar surface area (TPSA) is 125 Å². The van der Waals surface area contributed by atoms with Crippen LogP contribution in [0.25, 0.3) is 0 Å². The fourth-order valence-corrected chi connectivity index (χ4v) is 6.59. The minimum atomic E-state index is -0.627. The molecule has 0 spiro atoms. The molecule has 2 unspecified atom stereocenters. The second kappa shape index (κ2) is 14.7. The molecule has 2 fully saturated rings. The molecule has 3 aliphatic rings. The molecule has 2 atom stereocenters. The fraction of sp³-hybridized carbons (Fsp3) is 0.611. The number of rotatable bonds is 6. The van der Waals surface area contributed by atoms with Gasteiger partial charge in [-0.1, -0.05) is 12.1 Å². The standard InChI is InChI=1S/C36H50N6O6/c1-35(2,3)47-33(45)29-15-9-17-41(29)31(43)23-39-19-25-11-7-13-27(37-25)21-40(22-28-14-8-12-26(20-39)38-28)24-32(44)42-18-10-16-30(42)34(46)48-36(4,5)6/h7-8,11-14,29-30H,9-10,15-24H2,1-6H3. The average molecular weight is 663 g/mol. The van der Waals surface area contributed by atoms with Crippen molar-refractivity contribution in [1.82, 2.24) is 29.6 Å². The van der Waals surface area contributed by atoms with Crippen LogP contribution in [0.1, 0.15) is 90.0 Å². The van der Waals surface area contributed by atoms with Crippen LogP contribution in [-0.4, -0.2) is 103 Å².